The first-order valence-electron chi connectivity index (χ1n) is 6.49. The highest BCUT2D eigenvalue weighted by Gasteiger charge is 2.22. The van der Waals surface area contributed by atoms with Crippen LogP contribution in [0, 0.1) is 5.92 Å². The van der Waals surface area contributed by atoms with Crippen molar-refractivity contribution in [1.29, 1.82) is 0 Å². The number of hydrogen-bond acceptors (Lipinski definition) is 4. The van der Waals surface area contributed by atoms with E-state index < -0.39 is 0 Å². The molecule has 2 heterocycles. The Morgan fingerprint density at radius 2 is 2.17 bits per heavy atom. The molecule has 4 heteroatoms. The van der Waals surface area contributed by atoms with Crippen molar-refractivity contribution in [3.8, 4) is 11.1 Å². The van der Waals surface area contributed by atoms with E-state index in [1.165, 1.54) is 25.7 Å². The van der Waals surface area contributed by atoms with Crippen molar-refractivity contribution in [2.75, 3.05) is 5.73 Å². The molecule has 0 atom stereocenters. The van der Waals surface area contributed by atoms with Crippen LogP contribution in [0.1, 0.15) is 31.4 Å². The minimum atomic E-state index is 0.469. The fraction of sp³-hybridized carbons (Fsp3) is 0.429. The molecule has 0 saturated heterocycles. The summed E-state index contributed by atoms with van der Waals surface area (Å²) >= 11 is 0. The van der Waals surface area contributed by atoms with Gasteiger partial charge in [0.1, 0.15) is 5.76 Å². The zero-order valence-corrected chi connectivity index (χ0v) is 10.3. The maximum Gasteiger partial charge on any atom is 0.175 e. The van der Waals surface area contributed by atoms with Crippen LogP contribution in [0.5, 0.6) is 0 Å². The van der Waals surface area contributed by atoms with Gasteiger partial charge in [0.25, 0.3) is 0 Å². The smallest absolute Gasteiger partial charge is 0.175 e. The number of nitrogens with two attached hydrogens (primary N) is 1. The summed E-state index contributed by atoms with van der Waals surface area (Å²) in [7, 11) is 0. The van der Waals surface area contributed by atoms with Gasteiger partial charge in [0.2, 0.25) is 0 Å². The van der Waals surface area contributed by atoms with Gasteiger partial charge < -0.3 is 10.3 Å². The monoisotopic (exact) mass is 243 g/mol. The van der Waals surface area contributed by atoms with Crippen LogP contribution in [0.3, 0.4) is 0 Å². The van der Waals surface area contributed by atoms with E-state index in [-0.39, 0.29) is 0 Å². The van der Waals surface area contributed by atoms with E-state index in [4.69, 9.17) is 10.3 Å². The predicted octanol–water partition coefficient (Wildman–Crippen LogP) is 3.05. The molecule has 1 fully saturated rings. The standard InChI is InChI=1S/C14H17N3O/c15-14-13(11-6-3-7-16-9-11)12(18-17-14)8-10-4-1-2-5-10/h3,6-7,9-10H,1-2,4-5,8H2,(H2,15,17). The summed E-state index contributed by atoms with van der Waals surface area (Å²) in [6.45, 7) is 0. The first-order valence-corrected chi connectivity index (χ1v) is 6.49. The third-order valence-electron chi connectivity index (χ3n) is 3.69. The second-order valence-electron chi connectivity index (χ2n) is 4.96. The Morgan fingerprint density at radius 1 is 1.33 bits per heavy atom. The van der Waals surface area contributed by atoms with E-state index in [1.807, 2.05) is 12.1 Å². The maximum absolute atomic E-state index is 5.92. The summed E-state index contributed by atoms with van der Waals surface area (Å²) < 4.78 is 5.41. The Hall–Kier alpha value is -1.84. The minimum absolute atomic E-state index is 0.469. The maximum atomic E-state index is 5.92. The summed E-state index contributed by atoms with van der Waals surface area (Å²) in [4.78, 5) is 4.13. The average Bonchev–Trinajstić information content (AvgIpc) is 3.02. The highest BCUT2D eigenvalue weighted by molar-refractivity contribution is 5.74. The van der Waals surface area contributed by atoms with Gasteiger partial charge in [-0.2, -0.15) is 0 Å². The summed E-state index contributed by atoms with van der Waals surface area (Å²) in [5.74, 6) is 2.09. The number of rotatable bonds is 3. The highest BCUT2D eigenvalue weighted by Crippen LogP contribution is 2.34. The highest BCUT2D eigenvalue weighted by atomic mass is 16.5. The fourth-order valence-electron chi connectivity index (χ4n) is 2.77. The molecule has 2 aromatic heterocycles. The summed E-state index contributed by atoms with van der Waals surface area (Å²) in [6, 6.07) is 3.90. The van der Waals surface area contributed by atoms with Crippen LogP contribution in [-0.4, -0.2) is 10.1 Å². The molecule has 0 bridgehead atoms. The number of anilines is 1. The predicted molar refractivity (Wildman–Crippen MR) is 69.8 cm³/mol. The summed E-state index contributed by atoms with van der Waals surface area (Å²) in [6.07, 6.45) is 9.73. The molecule has 0 spiro atoms. The van der Waals surface area contributed by atoms with Gasteiger partial charge in [-0.1, -0.05) is 36.9 Å². The second kappa shape index (κ2) is 4.80. The molecule has 4 nitrogen and oxygen atoms in total. The van der Waals surface area contributed by atoms with Crippen LogP contribution < -0.4 is 5.73 Å². The molecule has 18 heavy (non-hydrogen) atoms. The zero-order chi connectivity index (χ0) is 12.4. The van der Waals surface area contributed by atoms with E-state index in [1.54, 1.807) is 12.4 Å². The van der Waals surface area contributed by atoms with Crippen LogP contribution in [0.25, 0.3) is 11.1 Å². The number of hydrogen-bond donors (Lipinski definition) is 1. The molecular formula is C14H17N3O. The van der Waals surface area contributed by atoms with E-state index >= 15 is 0 Å². The van der Waals surface area contributed by atoms with Gasteiger partial charge in [0.05, 0.1) is 5.56 Å². The molecule has 0 amide bonds. The van der Waals surface area contributed by atoms with Gasteiger partial charge in [-0.05, 0) is 12.0 Å². The third kappa shape index (κ3) is 2.10. The van der Waals surface area contributed by atoms with Gasteiger partial charge >= 0.3 is 0 Å². The van der Waals surface area contributed by atoms with Crippen LogP contribution in [0.2, 0.25) is 0 Å². The molecule has 1 aliphatic carbocycles. The Morgan fingerprint density at radius 3 is 2.89 bits per heavy atom. The normalized spacial score (nSPS) is 16.2. The lowest BCUT2D eigenvalue weighted by atomic mass is 9.98. The summed E-state index contributed by atoms with van der Waals surface area (Å²) in [5, 5.41) is 3.91. The van der Waals surface area contributed by atoms with Gasteiger partial charge in [-0.25, -0.2) is 0 Å². The van der Waals surface area contributed by atoms with Crippen molar-refractivity contribution in [3.05, 3.63) is 30.3 Å². The lowest BCUT2D eigenvalue weighted by molar-refractivity contribution is 0.362. The zero-order valence-electron chi connectivity index (χ0n) is 10.3. The Labute approximate surface area is 106 Å². The topological polar surface area (TPSA) is 64.9 Å². The van der Waals surface area contributed by atoms with Crippen LogP contribution in [0.15, 0.2) is 29.0 Å². The quantitative estimate of drug-likeness (QED) is 0.899. The molecule has 0 aromatic carbocycles. The largest absolute Gasteiger partial charge is 0.380 e. The fourth-order valence-corrected chi connectivity index (χ4v) is 2.77. The molecule has 1 aliphatic rings. The first kappa shape index (κ1) is 11.3. The lowest BCUT2D eigenvalue weighted by Crippen LogP contribution is -1.99. The van der Waals surface area contributed by atoms with E-state index in [9.17, 15) is 0 Å². The number of nitrogens with zero attached hydrogens (tertiary/aromatic N) is 2. The molecule has 2 aromatic rings. The molecule has 3 rings (SSSR count). The van der Waals surface area contributed by atoms with Crippen LogP contribution in [-0.2, 0) is 6.42 Å². The molecule has 2 N–H and O–H groups in total. The van der Waals surface area contributed by atoms with E-state index in [0.29, 0.717) is 11.7 Å². The van der Waals surface area contributed by atoms with E-state index in [2.05, 4.69) is 10.1 Å². The SMILES string of the molecule is Nc1noc(CC2CCCC2)c1-c1cccnc1. The Bertz CT molecular complexity index is 515. The first-order chi connectivity index (χ1) is 8.84. The Balaban J connectivity index is 1.91. The molecule has 0 aliphatic heterocycles. The number of pyridine rings is 1. The summed E-state index contributed by atoms with van der Waals surface area (Å²) in [5.41, 5.74) is 7.83. The van der Waals surface area contributed by atoms with Gasteiger partial charge in [-0.3, -0.25) is 4.98 Å². The van der Waals surface area contributed by atoms with E-state index in [0.717, 1.165) is 23.3 Å². The minimum Gasteiger partial charge on any atom is -0.380 e. The van der Waals surface area contributed by atoms with Gasteiger partial charge in [-0.15, -0.1) is 0 Å². The molecule has 0 unspecified atom stereocenters. The lowest BCUT2D eigenvalue weighted by Gasteiger charge is -2.07. The van der Waals surface area contributed by atoms with Crippen LogP contribution in [0.4, 0.5) is 5.82 Å². The van der Waals surface area contributed by atoms with Crippen molar-refractivity contribution in [1.82, 2.24) is 10.1 Å². The molecular weight excluding hydrogens is 226 g/mol. The van der Waals surface area contributed by atoms with Crippen molar-refractivity contribution in [3.63, 3.8) is 0 Å². The van der Waals surface area contributed by atoms with Crippen LogP contribution >= 0.6 is 0 Å². The average molecular weight is 243 g/mol. The number of nitrogen functional groups attached to an aromatic ring is 1. The second-order valence-corrected chi connectivity index (χ2v) is 4.96. The van der Waals surface area contributed by atoms with Crippen molar-refractivity contribution < 1.29 is 4.52 Å². The van der Waals surface area contributed by atoms with Crippen molar-refractivity contribution >= 4 is 5.82 Å². The molecule has 1 saturated carbocycles. The van der Waals surface area contributed by atoms with Crippen molar-refractivity contribution in [2.45, 2.75) is 32.1 Å². The van der Waals surface area contributed by atoms with Crippen molar-refractivity contribution in [2.24, 2.45) is 5.92 Å². The van der Waals surface area contributed by atoms with Gasteiger partial charge in [0.15, 0.2) is 5.82 Å². The Kier molecular flexibility index (Phi) is 3.00. The molecule has 94 valence electrons. The molecule has 0 radical (unpaired) electrons. The number of aromatic nitrogens is 2. The third-order valence-corrected chi connectivity index (χ3v) is 3.69. The van der Waals surface area contributed by atoms with Gasteiger partial charge in [0, 0.05) is 24.4 Å².